The molecule has 1 unspecified atom stereocenters. The lowest BCUT2D eigenvalue weighted by Crippen LogP contribution is -2.41. The number of rotatable bonds is 5. The molecule has 3 N–H and O–H groups in total. The third-order valence-corrected chi connectivity index (χ3v) is 2.56. The smallest absolute Gasteiger partial charge is 0.0619 e. The molecule has 14 heavy (non-hydrogen) atoms. The summed E-state index contributed by atoms with van der Waals surface area (Å²) in [6, 6.07) is 0. The van der Waals surface area contributed by atoms with Crippen LogP contribution in [0.2, 0.25) is 0 Å². The number of hydrogen-bond donors (Lipinski definition) is 2. The van der Waals surface area contributed by atoms with Gasteiger partial charge in [-0.05, 0) is 26.2 Å². The zero-order valence-electron chi connectivity index (χ0n) is 8.87. The van der Waals surface area contributed by atoms with E-state index in [4.69, 9.17) is 20.3 Å². The molecule has 1 aliphatic rings. The Morgan fingerprint density at radius 2 is 2.14 bits per heavy atom. The van der Waals surface area contributed by atoms with Crippen molar-refractivity contribution in [3.63, 3.8) is 0 Å². The van der Waals surface area contributed by atoms with Crippen molar-refractivity contribution >= 4 is 0 Å². The number of aliphatic hydroxyl groups is 1. The number of nitrogens with two attached hydrogens (primary N) is 1. The maximum absolute atomic E-state index is 8.93. The van der Waals surface area contributed by atoms with Crippen molar-refractivity contribution < 1.29 is 14.6 Å². The minimum atomic E-state index is -0.509. The van der Waals surface area contributed by atoms with Crippen LogP contribution in [0.5, 0.6) is 0 Å². The summed E-state index contributed by atoms with van der Waals surface area (Å²) in [4.78, 5) is 0. The number of ether oxygens (including phenoxy) is 2. The lowest BCUT2D eigenvalue weighted by Gasteiger charge is -2.25. The number of aliphatic hydroxyl groups excluding tert-OH is 1. The second-order valence-corrected chi connectivity index (χ2v) is 4.24. The first-order chi connectivity index (χ1) is 6.64. The Kier molecular flexibility index (Phi) is 4.81. The number of hydrogen-bond acceptors (Lipinski definition) is 4. The molecule has 0 bridgehead atoms. The van der Waals surface area contributed by atoms with E-state index in [0.717, 1.165) is 26.1 Å². The Bertz CT molecular complexity index is 155. The van der Waals surface area contributed by atoms with E-state index >= 15 is 0 Å². The summed E-state index contributed by atoms with van der Waals surface area (Å²) in [5.41, 5.74) is 5.27. The van der Waals surface area contributed by atoms with E-state index < -0.39 is 5.54 Å². The summed E-state index contributed by atoms with van der Waals surface area (Å²) >= 11 is 0. The summed E-state index contributed by atoms with van der Waals surface area (Å²) < 4.78 is 10.9. The van der Waals surface area contributed by atoms with Crippen molar-refractivity contribution in [3.8, 4) is 0 Å². The van der Waals surface area contributed by atoms with Crippen LogP contribution < -0.4 is 5.73 Å². The summed E-state index contributed by atoms with van der Waals surface area (Å²) in [6.45, 7) is 4.05. The Morgan fingerprint density at radius 3 is 2.71 bits per heavy atom. The molecule has 0 saturated carbocycles. The first-order valence-electron chi connectivity index (χ1n) is 5.23. The zero-order valence-corrected chi connectivity index (χ0v) is 8.87. The average Bonchev–Trinajstić information content (AvgIpc) is 2.19. The van der Waals surface area contributed by atoms with Gasteiger partial charge >= 0.3 is 0 Å². The van der Waals surface area contributed by atoms with Crippen molar-refractivity contribution in [1.29, 1.82) is 0 Å². The second-order valence-electron chi connectivity index (χ2n) is 4.24. The van der Waals surface area contributed by atoms with E-state index in [-0.39, 0.29) is 6.61 Å². The molecule has 1 atom stereocenters. The van der Waals surface area contributed by atoms with Crippen LogP contribution in [0.15, 0.2) is 0 Å². The maximum Gasteiger partial charge on any atom is 0.0619 e. The molecule has 4 nitrogen and oxygen atoms in total. The topological polar surface area (TPSA) is 64.7 Å². The van der Waals surface area contributed by atoms with Crippen molar-refractivity contribution in [2.75, 3.05) is 26.4 Å². The lowest BCUT2D eigenvalue weighted by molar-refractivity contribution is -0.0372. The van der Waals surface area contributed by atoms with Gasteiger partial charge in [-0.3, -0.25) is 0 Å². The molecule has 0 aromatic rings. The van der Waals surface area contributed by atoms with Crippen molar-refractivity contribution in [2.24, 2.45) is 5.73 Å². The molecule has 0 aliphatic carbocycles. The Morgan fingerprint density at radius 1 is 1.50 bits per heavy atom. The summed E-state index contributed by atoms with van der Waals surface area (Å²) in [5.74, 6) is 0. The summed E-state index contributed by atoms with van der Waals surface area (Å²) in [5, 5.41) is 8.93. The van der Waals surface area contributed by atoms with Gasteiger partial charge in [-0.2, -0.15) is 0 Å². The van der Waals surface area contributed by atoms with E-state index in [9.17, 15) is 0 Å². The fraction of sp³-hybridized carbons (Fsp3) is 1.00. The van der Waals surface area contributed by atoms with E-state index in [1.165, 1.54) is 0 Å². The van der Waals surface area contributed by atoms with Crippen LogP contribution in [0, 0.1) is 0 Å². The lowest BCUT2D eigenvalue weighted by atomic mass is 10.0. The predicted molar refractivity (Wildman–Crippen MR) is 54.1 cm³/mol. The van der Waals surface area contributed by atoms with Gasteiger partial charge in [-0.25, -0.2) is 0 Å². The minimum absolute atomic E-state index is 0.00410. The minimum Gasteiger partial charge on any atom is -0.394 e. The monoisotopic (exact) mass is 203 g/mol. The van der Waals surface area contributed by atoms with E-state index in [2.05, 4.69) is 0 Å². The van der Waals surface area contributed by atoms with Crippen LogP contribution in [-0.2, 0) is 9.47 Å². The van der Waals surface area contributed by atoms with Crippen LogP contribution >= 0.6 is 0 Å². The van der Waals surface area contributed by atoms with Gasteiger partial charge in [-0.15, -0.1) is 0 Å². The highest BCUT2D eigenvalue weighted by molar-refractivity contribution is 4.77. The molecule has 1 saturated heterocycles. The fourth-order valence-corrected chi connectivity index (χ4v) is 1.38. The third-order valence-electron chi connectivity index (χ3n) is 2.56. The molecule has 0 spiro atoms. The van der Waals surface area contributed by atoms with Crippen LogP contribution in [0.1, 0.15) is 26.2 Å². The Balaban J connectivity index is 2.08. The molecule has 1 rings (SSSR count). The first kappa shape index (κ1) is 11.9. The molecule has 84 valence electrons. The second kappa shape index (κ2) is 5.66. The molecule has 0 amide bonds. The van der Waals surface area contributed by atoms with Gasteiger partial charge in [0.25, 0.3) is 0 Å². The van der Waals surface area contributed by atoms with Crippen LogP contribution in [0.3, 0.4) is 0 Å². The van der Waals surface area contributed by atoms with Crippen LogP contribution in [0.4, 0.5) is 0 Å². The standard InChI is InChI=1S/C10H21NO3/c1-10(11,8-12)4-7-14-9-2-5-13-6-3-9/h9,12H,2-8,11H2,1H3. The van der Waals surface area contributed by atoms with Gasteiger partial charge in [0, 0.05) is 25.4 Å². The van der Waals surface area contributed by atoms with Crippen molar-refractivity contribution in [2.45, 2.75) is 37.8 Å². The highest BCUT2D eigenvalue weighted by atomic mass is 16.5. The maximum atomic E-state index is 8.93. The molecular formula is C10H21NO3. The zero-order chi connectivity index (χ0) is 10.4. The average molecular weight is 203 g/mol. The van der Waals surface area contributed by atoms with Crippen LogP contribution in [0.25, 0.3) is 0 Å². The normalized spacial score (nSPS) is 23.4. The molecule has 1 heterocycles. The van der Waals surface area contributed by atoms with Gasteiger partial charge in [0.2, 0.25) is 0 Å². The van der Waals surface area contributed by atoms with Gasteiger partial charge in [0.05, 0.1) is 12.7 Å². The highest BCUT2D eigenvalue weighted by Gasteiger charge is 2.19. The van der Waals surface area contributed by atoms with Crippen molar-refractivity contribution in [1.82, 2.24) is 0 Å². The third kappa shape index (κ3) is 4.37. The van der Waals surface area contributed by atoms with Gasteiger partial charge < -0.3 is 20.3 Å². The summed E-state index contributed by atoms with van der Waals surface area (Å²) in [7, 11) is 0. The molecule has 0 aromatic carbocycles. The Hall–Kier alpha value is -0.160. The van der Waals surface area contributed by atoms with Gasteiger partial charge in [0.1, 0.15) is 0 Å². The molecule has 0 aromatic heterocycles. The van der Waals surface area contributed by atoms with E-state index in [0.29, 0.717) is 19.1 Å². The Labute approximate surface area is 85.4 Å². The molecule has 0 radical (unpaired) electrons. The molecule has 1 aliphatic heterocycles. The summed E-state index contributed by atoms with van der Waals surface area (Å²) in [6.07, 6.45) is 2.96. The first-order valence-corrected chi connectivity index (χ1v) is 5.23. The fourth-order valence-electron chi connectivity index (χ4n) is 1.38. The van der Waals surface area contributed by atoms with Crippen LogP contribution in [-0.4, -0.2) is 43.2 Å². The molecule has 1 fully saturated rings. The molecular weight excluding hydrogens is 182 g/mol. The largest absolute Gasteiger partial charge is 0.394 e. The SMILES string of the molecule is CC(N)(CO)CCOC1CCOCC1. The van der Waals surface area contributed by atoms with Crippen molar-refractivity contribution in [3.05, 3.63) is 0 Å². The van der Waals surface area contributed by atoms with Gasteiger partial charge in [-0.1, -0.05) is 0 Å². The molecule has 4 heteroatoms. The van der Waals surface area contributed by atoms with E-state index in [1.807, 2.05) is 6.92 Å². The predicted octanol–water partition coefficient (Wildman–Crippen LogP) is 0.282. The highest BCUT2D eigenvalue weighted by Crippen LogP contribution is 2.12. The quantitative estimate of drug-likeness (QED) is 0.673. The van der Waals surface area contributed by atoms with E-state index in [1.54, 1.807) is 0 Å². The van der Waals surface area contributed by atoms with Gasteiger partial charge in [0.15, 0.2) is 0 Å².